The van der Waals surface area contributed by atoms with Crippen LogP contribution in [0.4, 0.5) is 13.2 Å². The fourth-order valence-corrected chi connectivity index (χ4v) is 3.73. The van der Waals surface area contributed by atoms with Crippen molar-refractivity contribution in [2.24, 2.45) is 0 Å². The smallest absolute Gasteiger partial charge is 0.243 e. The van der Waals surface area contributed by atoms with Crippen molar-refractivity contribution in [1.29, 1.82) is 0 Å². The number of fused-ring (bicyclic) bond motifs is 1. The molecule has 4 nitrogen and oxygen atoms in total. The van der Waals surface area contributed by atoms with E-state index >= 15 is 0 Å². The molecular weight excluding hydrogens is 353 g/mol. The molecule has 0 aliphatic rings. The first-order valence-corrected chi connectivity index (χ1v) is 9.05. The van der Waals surface area contributed by atoms with Gasteiger partial charge in [0, 0.05) is 24.8 Å². The third kappa shape index (κ3) is 3.54. The lowest BCUT2D eigenvalue weighted by Crippen LogP contribution is -2.26. The van der Waals surface area contributed by atoms with Crippen LogP contribution in [0.3, 0.4) is 0 Å². The molecule has 0 saturated heterocycles. The molecule has 132 valence electrons. The van der Waals surface area contributed by atoms with Gasteiger partial charge >= 0.3 is 0 Å². The largest absolute Gasteiger partial charge is 0.347 e. The van der Waals surface area contributed by atoms with Gasteiger partial charge in [0.25, 0.3) is 0 Å². The monoisotopic (exact) mass is 368 g/mol. The number of halogens is 3. The zero-order valence-electron chi connectivity index (χ0n) is 13.0. The second kappa shape index (κ2) is 6.89. The zero-order valence-corrected chi connectivity index (χ0v) is 13.9. The zero-order chi connectivity index (χ0) is 18.0. The van der Waals surface area contributed by atoms with Crippen LogP contribution in [0.5, 0.6) is 0 Å². The van der Waals surface area contributed by atoms with Crippen LogP contribution in [-0.2, 0) is 16.6 Å². The van der Waals surface area contributed by atoms with Crippen LogP contribution in [0, 0.1) is 17.5 Å². The Labute approximate surface area is 142 Å². The maximum absolute atomic E-state index is 13.6. The highest BCUT2D eigenvalue weighted by molar-refractivity contribution is 7.89. The Hall–Kier alpha value is -2.32. The molecule has 3 rings (SSSR count). The van der Waals surface area contributed by atoms with Crippen LogP contribution in [0.1, 0.15) is 6.42 Å². The molecule has 0 unspecified atom stereocenters. The van der Waals surface area contributed by atoms with Gasteiger partial charge < -0.3 is 4.57 Å². The number of benzene rings is 2. The average molecular weight is 368 g/mol. The SMILES string of the molecule is O=S(=O)(NCCCn1ccc2ccccc21)c1ccc(F)c(F)c1F. The molecule has 1 aromatic heterocycles. The van der Waals surface area contributed by atoms with Gasteiger partial charge in [0.15, 0.2) is 17.5 Å². The second-order valence-electron chi connectivity index (χ2n) is 5.49. The fourth-order valence-electron chi connectivity index (χ4n) is 2.59. The number of nitrogens with zero attached hydrogens (tertiary/aromatic N) is 1. The van der Waals surface area contributed by atoms with Crippen LogP contribution < -0.4 is 4.72 Å². The molecule has 0 saturated carbocycles. The maximum Gasteiger partial charge on any atom is 0.243 e. The van der Waals surface area contributed by atoms with E-state index in [1.54, 1.807) is 0 Å². The van der Waals surface area contributed by atoms with E-state index in [0.717, 1.165) is 10.9 Å². The highest BCUT2D eigenvalue weighted by atomic mass is 32.2. The van der Waals surface area contributed by atoms with E-state index in [4.69, 9.17) is 0 Å². The summed E-state index contributed by atoms with van der Waals surface area (Å²) in [4.78, 5) is -0.905. The highest BCUT2D eigenvalue weighted by Crippen LogP contribution is 2.19. The lowest BCUT2D eigenvalue weighted by molar-refractivity contribution is 0.431. The first kappa shape index (κ1) is 17.5. The first-order valence-electron chi connectivity index (χ1n) is 7.57. The quantitative estimate of drug-likeness (QED) is 0.535. The number of aryl methyl sites for hydroxylation is 1. The number of aromatic nitrogens is 1. The molecule has 0 spiro atoms. The van der Waals surface area contributed by atoms with E-state index in [0.29, 0.717) is 25.1 Å². The molecule has 1 heterocycles. The van der Waals surface area contributed by atoms with Gasteiger partial charge in [0.2, 0.25) is 10.0 Å². The van der Waals surface area contributed by atoms with Crippen LogP contribution in [-0.4, -0.2) is 19.5 Å². The summed E-state index contributed by atoms with van der Waals surface area (Å²) >= 11 is 0. The predicted molar refractivity (Wildman–Crippen MR) is 88.1 cm³/mol. The molecule has 25 heavy (non-hydrogen) atoms. The van der Waals surface area contributed by atoms with Crippen molar-refractivity contribution in [3.05, 3.63) is 66.1 Å². The van der Waals surface area contributed by atoms with Gasteiger partial charge in [-0.1, -0.05) is 18.2 Å². The number of rotatable bonds is 6. The molecule has 0 atom stereocenters. The summed E-state index contributed by atoms with van der Waals surface area (Å²) < 4.78 is 68.0. The molecular formula is C17H15F3N2O2S. The fraction of sp³-hybridized carbons (Fsp3) is 0.176. The molecule has 0 aliphatic carbocycles. The summed E-state index contributed by atoms with van der Waals surface area (Å²) in [7, 11) is -4.25. The molecule has 8 heteroatoms. The molecule has 0 radical (unpaired) electrons. The van der Waals surface area contributed by atoms with E-state index in [2.05, 4.69) is 4.72 Å². The van der Waals surface area contributed by atoms with Gasteiger partial charge in [-0.25, -0.2) is 26.3 Å². The average Bonchev–Trinajstić information content (AvgIpc) is 3.00. The molecule has 2 aromatic carbocycles. The lowest BCUT2D eigenvalue weighted by Gasteiger charge is -2.09. The molecule has 3 aromatic rings. The maximum atomic E-state index is 13.6. The summed E-state index contributed by atoms with van der Waals surface area (Å²) in [6.07, 6.45) is 2.34. The third-order valence-electron chi connectivity index (χ3n) is 3.84. The number of hydrogen-bond acceptors (Lipinski definition) is 2. The van der Waals surface area contributed by atoms with E-state index in [-0.39, 0.29) is 6.54 Å². The first-order chi connectivity index (χ1) is 11.9. The Morgan fingerprint density at radius 2 is 1.72 bits per heavy atom. The number of para-hydroxylation sites is 1. The Bertz CT molecular complexity index is 1020. The third-order valence-corrected chi connectivity index (χ3v) is 5.32. The minimum atomic E-state index is -4.25. The second-order valence-corrected chi connectivity index (χ2v) is 7.23. The van der Waals surface area contributed by atoms with Crippen molar-refractivity contribution in [2.45, 2.75) is 17.9 Å². The standard InChI is InChI=1S/C17H15F3N2O2S/c18-13-6-7-15(17(20)16(13)19)25(23,24)21-9-3-10-22-11-8-12-4-1-2-5-14(12)22/h1-2,4-8,11,21H,3,9-10H2. The summed E-state index contributed by atoms with van der Waals surface area (Å²) in [5, 5.41) is 1.08. The highest BCUT2D eigenvalue weighted by Gasteiger charge is 2.23. The normalized spacial score (nSPS) is 12.0. The van der Waals surface area contributed by atoms with Crippen molar-refractivity contribution in [3.63, 3.8) is 0 Å². The number of sulfonamides is 1. The molecule has 0 amide bonds. The summed E-state index contributed by atoms with van der Waals surface area (Å²) in [5.41, 5.74) is 1.03. The van der Waals surface area contributed by atoms with Crippen molar-refractivity contribution in [2.75, 3.05) is 6.54 Å². The van der Waals surface area contributed by atoms with Crippen LogP contribution in [0.2, 0.25) is 0 Å². The van der Waals surface area contributed by atoms with E-state index in [1.807, 2.05) is 41.1 Å². The van der Waals surface area contributed by atoms with E-state index < -0.39 is 32.4 Å². The summed E-state index contributed by atoms with van der Waals surface area (Å²) in [6.45, 7) is 0.587. The van der Waals surface area contributed by atoms with Gasteiger partial charge in [-0.05, 0) is 36.1 Å². The van der Waals surface area contributed by atoms with Gasteiger partial charge in [-0.2, -0.15) is 0 Å². The van der Waals surface area contributed by atoms with Crippen molar-refractivity contribution in [1.82, 2.24) is 9.29 Å². The molecule has 0 bridgehead atoms. The van der Waals surface area contributed by atoms with Crippen LogP contribution in [0.25, 0.3) is 10.9 Å². The lowest BCUT2D eigenvalue weighted by atomic mass is 10.2. The molecule has 0 aliphatic heterocycles. The van der Waals surface area contributed by atoms with Crippen LogP contribution in [0.15, 0.2) is 53.6 Å². The van der Waals surface area contributed by atoms with Crippen molar-refractivity contribution < 1.29 is 21.6 Å². The Kier molecular flexibility index (Phi) is 4.82. The molecule has 0 fully saturated rings. The number of hydrogen-bond donors (Lipinski definition) is 1. The van der Waals surface area contributed by atoms with Gasteiger partial charge in [0.1, 0.15) is 4.90 Å². The summed E-state index contributed by atoms with van der Waals surface area (Å²) in [5.74, 6) is -4.96. The predicted octanol–water partition coefficient (Wildman–Crippen LogP) is 3.43. The minimum Gasteiger partial charge on any atom is -0.347 e. The molecule has 1 N–H and O–H groups in total. The summed E-state index contributed by atoms with van der Waals surface area (Å²) in [6, 6.07) is 11.0. The Morgan fingerprint density at radius 1 is 0.960 bits per heavy atom. The van der Waals surface area contributed by atoms with Crippen LogP contribution >= 0.6 is 0 Å². The van der Waals surface area contributed by atoms with Crippen molar-refractivity contribution >= 4 is 20.9 Å². The van der Waals surface area contributed by atoms with Gasteiger partial charge in [0.05, 0.1) is 0 Å². The number of nitrogens with one attached hydrogen (secondary N) is 1. The topological polar surface area (TPSA) is 51.1 Å². The minimum absolute atomic E-state index is 0.0350. The Balaban J connectivity index is 1.64. The van der Waals surface area contributed by atoms with E-state index in [1.165, 1.54) is 0 Å². The van der Waals surface area contributed by atoms with E-state index in [9.17, 15) is 21.6 Å². The van der Waals surface area contributed by atoms with Gasteiger partial charge in [-0.3, -0.25) is 0 Å². The van der Waals surface area contributed by atoms with Gasteiger partial charge in [-0.15, -0.1) is 0 Å². The Morgan fingerprint density at radius 3 is 2.52 bits per heavy atom. The van der Waals surface area contributed by atoms with Crippen molar-refractivity contribution in [3.8, 4) is 0 Å².